The Morgan fingerprint density at radius 1 is 1.38 bits per heavy atom. The summed E-state index contributed by atoms with van der Waals surface area (Å²) >= 11 is 0. The van der Waals surface area contributed by atoms with E-state index in [1.807, 2.05) is 6.07 Å². The fourth-order valence-corrected chi connectivity index (χ4v) is 1.05. The van der Waals surface area contributed by atoms with Crippen LogP contribution >= 0.6 is 0 Å². The molecule has 66 valence electrons. The largest absolute Gasteiger partial charge is 0.293 e. The van der Waals surface area contributed by atoms with Gasteiger partial charge in [-0.15, -0.1) is 0 Å². The first-order valence-electron chi connectivity index (χ1n) is 3.85. The molecule has 0 radical (unpaired) electrons. The summed E-state index contributed by atoms with van der Waals surface area (Å²) in [6.45, 7) is 0.479. The second kappa shape index (κ2) is 3.22. The smallest absolute Gasteiger partial charge is 0.253 e. The van der Waals surface area contributed by atoms with E-state index in [0.717, 1.165) is 5.69 Å². The molecule has 0 aromatic carbocycles. The quantitative estimate of drug-likeness (QED) is 0.701. The van der Waals surface area contributed by atoms with Crippen molar-refractivity contribution in [1.82, 2.24) is 19.7 Å². The van der Waals surface area contributed by atoms with E-state index in [-0.39, 0.29) is 5.56 Å². The van der Waals surface area contributed by atoms with Gasteiger partial charge in [0.15, 0.2) is 0 Å². The molecule has 0 saturated carbocycles. The van der Waals surface area contributed by atoms with Crippen molar-refractivity contribution in [3.8, 4) is 0 Å². The average Bonchev–Trinajstić information content (AvgIpc) is 2.61. The van der Waals surface area contributed by atoms with E-state index < -0.39 is 0 Å². The van der Waals surface area contributed by atoms with Crippen molar-refractivity contribution < 1.29 is 0 Å². The highest BCUT2D eigenvalue weighted by atomic mass is 16.1. The van der Waals surface area contributed by atoms with E-state index in [9.17, 15) is 4.79 Å². The van der Waals surface area contributed by atoms with Crippen molar-refractivity contribution >= 4 is 0 Å². The topological polar surface area (TPSA) is 63.6 Å². The van der Waals surface area contributed by atoms with Crippen LogP contribution in [0.2, 0.25) is 0 Å². The van der Waals surface area contributed by atoms with E-state index in [2.05, 4.69) is 15.2 Å². The van der Waals surface area contributed by atoms with Crippen molar-refractivity contribution in [3.63, 3.8) is 0 Å². The Balaban J connectivity index is 2.29. The minimum Gasteiger partial charge on any atom is -0.293 e. The van der Waals surface area contributed by atoms with Crippen LogP contribution in [0, 0.1) is 0 Å². The first-order chi connectivity index (χ1) is 6.36. The minimum absolute atomic E-state index is 0.0652. The first kappa shape index (κ1) is 7.72. The molecule has 0 saturated heterocycles. The third-order valence-electron chi connectivity index (χ3n) is 1.69. The lowest BCUT2D eigenvalue weighted by Crippen LogP contribution is -2.19. The number of rotatable bonds is 2. The summed E-state index contributed by atoms with van der Waals surface area (Å²) < 4.78 is 1.51. The number of aromatic nitrogens is 4. The van der Waals surface area contributed by atoms with E-state index in [1.165, 1.54) is 23.2 Å². The second-order valence-electron chi connectivity index (χ2n) is 2.63. The molecule has 5 heteroatoms. The van der Waals surface area contributed by atoms with Gasteiger partial charge in [-0.2, -0.15) is 5.10 Å². The van der Waals surface area contributed by atoms with Crippen LogP contribution < -0.4 is 5.56 Å². The van der Waals surface area contributed by atoms with Crippen molar-refractivity contribution in [2.75, 3.05) is 0 Å². The molecule has 0 aliphatic carbocycles. The molecular formula is C8H8N4O. The van der Waals surface area contributed by atoms with Gasteiger partial charge in [0.25, 0.3) is 5.56 Å². The van der Waals surface area contributed by atoms with Crippen LogP contribution in [-0.2, 0) is 6.54 Å². The molecule has 0 spiro atoms. The summed E-state index contributed by atoms with van der Waals surface area (Å²) in [5.74, 6) is 0. The molecule has 0 unspecified atom stereocenters. The normalized spacial score (nSPS) is 10.2. The number of nitrogens with zero attached hydrogens (tertiary/aromatic N) is 3. The minimum atomic E-state index is -0.0652. The standard InChI is InChI=1S/C8H8N4O/c13-8-2-3-9-6-12(8)5-7-1-4-10-11-7/h1-4,6H,5H2,(H,10,11). The summed E-state index contributed by atoms with van der Waals surface area (Å²) in [5, 5.41) is 6.56. The van der Waals surface area contributed by atoms with Crippen molar-refractivity contribution in [2.45, 2.75) is 6.54 Å². The SMILES string of the molecule is O=c1ccncn1Cc1ccn[nH]1. The molecular weight excluding hydrogens is 168 g/mol. The van der Waals surface area contributed by atoms with Crippen LogP contribution in [0.25, 0.3) is 0 Å². The maximum Gasteiger partial charge on any atom is 0.253 e. The molecule has 0 aliphatic heterocycles. The molecule has 0 amide bonds. The van der Waals surface area contributed by atoms with Gasteiger partial charge in [0.1, 0.15) is 0 Å². The predicted molar refractivity (Wildman–Crippen MR) is 46.2 cm³/mol. The summed E-state index contributed by atoms with van der Waals surface area (Å²) in [7, 11) is 0. The zero-order chi connectivity index (χ0) is 9.10. The molecule has 2 rings (SSSR count). The van der Waals surface area contributed by atoms with E-state index in [0.29, 0.717) is 6.54 Å². The predicted octanol–water partition coefficient (Wildman–Crippen LogP) is 0.0147. The molecule has 2 aromatic rings. The van der Waals surface area contributed by atoms with E-state index in [4.69, 9.17) is 0 Å². The molecule has 0 aliphatic rings. The number of H-pyrrole nitrogens is 1. The van der Waals surface area contributed by atoms with E-state index >= 15 is 0 Å². The van der Waals surface area contributed by atoms with Crippen LogP contribution in [0.15, 0.2) is 35.6 Å². The average molecular weight is 176 g/mol. The lowest BCUT2D eigenvalue weighted by atomic mass is 10.4. The Bertz CT molecular complexity index is 431. The second-order valence-corrected chi connectivity index (χ2v) is 2.63. The van der Waals surface area contributed by atoms with Crippen LogP contribution in [0.3, 0.4) is 0 Å². The third-order valence-corrected chi connectivity index (χ3v) is 1.69. The molecule has 5 nitrogen and oxygen atoms in total. The summed E-state index contributed by atoms with van der Waals surface area (Å²) in [4.78, 5) is 15.1. The van der Waals surface area contributed by atoms with Crippen LogP contribution in [-0.4, -0.2) is 19.7 Å². The first-order valence-corrected chi connectivity index (χ1v) is 3.85. The van der Waals surface area contributed by atoms with Crippen LogP contribution in [0.4, 0.5) is 0 Å². The van der Waals surface area contributed by atoms with Crippen LogP contribution in [0.1, 0.15) is 5.69 Å². The molecule has 2 aromatic heterocycles. The summed E-state index contributed by atoms with van der Waals surface area (Å²) in [5.41, 5.74) is 0.819. The molecule has 2 heterocycles. The lowest BCUT2D eigenvalue weighted by Gasteiger charge is -2.00. The van der Waals surface area contributed by atoms with Crippen molar-refractivity contribution in [2.24, 2.45) is 0 Å². The Labute approximate surface area is 74.1 Å². The fraction of sp³-hybridized carbons (Fsp3) is 0.125. The van der Waals surface area contributed by atoms with Gasteiger partial charge in [0.2, 0.25) is 0 Å². The van der Waals surface area contributed by atoms with Gasteiger partial charge in [-0.3, -0.25) is 14.5 Å². The van der Waals surface area contributed by atoms with E-state index in [1.54, 1.807) is 6.20 Å². The number of hydrogen-bond acceptors (Lipinski definition) is 3. The number of nitrogens with one attached hydrogen (secondary N) is 1. The highest BCUT2D eigenvalue weighted by Gasteiger charge is 1.96. The summed E-state index contributed by atoms with van der Waals surface area (Å²) in [6.07, 6.45) is 4.63. The monoisotopic (exact) mass is 176 g/mol. The molecule has 0 atom stereocenters. The Morgan fingerprint density at radius 3 is 3.00 bits per heavy atom. The van der Waals surface area contributed by atoms with Gasteiger partial charge in [-0.25, -0.2) is 4.98 Å². The third kappa shape index (κ3) is 1.64. The van der Waals surface area contributed by atoms with Gasteiger partial charge in [-0.05, 0) is 6.07 Å². The molecule has 0 bridgehead atoms. The number of aromatic amines is 1. The van der Waals surface area contributed by atoms with Gasteiger partial charge < -0.3 is 0 Å². The Hall–Kier alpha value is -1.91. The summed E-state index contributed by atoms with van der Waals surface area (Å²) in [6, 6.07) is 3.25. The maximum absolute atomic E-state index is 11.2. The highest BCUT2D eigenvalue weighted by Crippen LogP contribution is 1.92. The van der Waals surface area contributed by atoms with Gasteiger partial charge in [0, 0.05) is 18.5 Å². The van der Waals surface area contributed by atoms with Gasteiger partial charge in [-0.1, -0.05) is 0 Å². The molecule has 13 heavy (non-hydrogen) atoms. The highest BCUT2D eigenvalue weighted by molar-refractivity contribution is 4.98. The van der Waals surface area contributed by atoms with Gasteiger partial charge >= 0.3 is 0 Å². The fourth-order valence-electron chi connectivity index (χ4n) is 1.05. The lowest BCUT2D eigenvalue weighted by molar-refractivity contribution is 0.715. The molecule has 0 fully saturated rings. The van der Waals surface area contributed by atoms with Crippen LogP contribution in [0.5, 0.6) is 0 Å². The zero-order valence-corrected chi connectivity index (χ0v) is 6.84. The number of hydrogen-bond donors (Lipinski definition) is 1. The van der Waals surface area contributed by atoms with Crippen molar-refractivity contribution in [1.29, 1.82) is 0 Å². The van der Waals surface area contributed by atoms with Crippen molar-refractivity contribution in [3.05, 3.63) is 46.9 Å². The van der Waals surface area contributed by atoms with Gasteiger partial charge in [0.05, 0.1) is 18.6 Å². The zero-order valence-electron chi connectivity index (χ0n) is 6.84. The Morgan fingerprint density at radius 2 is 2.31 bits per heavy atom. The molecule has 1 N–H and O–H groups in total. The Kier molecular flexibility index (Phi) is 1.91. The maximum atomic E-state index is 11.2.